The Morgan fingerprint density at radius 2 is 2.18 bits per heavy atom. The van der Waals surface area contributed by atoms with Crippen molar-refractivity contribution in [3.8, 4) is 0 Å². The van der Waals surface area contributed by atoms with Crippen molar-refractivity contribution in [1.82, 2.24) is 10.2 Å². The zero-order valence-corrected chi connectivity index (χ0v) is 12.7. The normalized spacial score (nSPS) is 17.3. The van der Waals surface area contributed by atoms with E-state index in [1.165, 1.54) is 34.8 Å². The number of anilines is 1. The second-order valence-electron chi connectivity index (χ2n) is 4.44. The van der Waals surface area contributed by atoms with E-state index in [0.717, 1.165) is 19.6 Å². The first kappa shape index (κ1) is 13.3. The highest BCUT2D eigenvalue weighted by molar-refractivity contribution is 9.11. The zero-order valence-electron chi connectivity index (χ0n) is 10.3. The van der Waals surface area contributed by atoms with Crippen molar-refractivity contribution in [3.05, 3.63) is 15.9 Å². The summed E-state index contributed by atoms with van der Waals surface area (Å²) in [6.07, 6.45) is 1.24. The predicted molar refractivity (Wildman–Crippen MR) is 79.2 cm³/mol. The van der Waals surface area contributed by atoms with Crippen LogP contribution in [0.5, 0.6) is 0 Å². The van der Waals surface area contributed by atoms with Crippen LogP contribution in [0.4, 0.5) is 5.00 Å². The molecule has 0 atom stereocenters. The van der Waals surface area contributed by atoms with Gasteiger partial charge in [0, 0.05) is 39.8 Å². The smallest absolute Gasteiger partial charge is 0.0917 e. The van der Waals surface area contributed by atoms with Crippen LogP contribution in [0.3, 0.4) is 0 Å². The van der Waals surface area contributed by atoms with Gasteiger partial charge in [-0.1, -0.05) is 0 Å². The number of hydrogen-bond acceptors (Lipinski definition) is 4. The first-order valence-electron chi connectivity index (χ1n) is 6.15. The van der Waals surface area contributed by atoms with Gasteiger partial charge in [-0.05, 0) is 41.0 Å². The fourth-order valence-corrected chi connectivity index (χ4v) is 3.44. The van der Waals surface area contributed by atoms with Crippen molar-refractivity contribution in [1.29, 1.82) is 0 Å². The van der Waals surface area contributed by atoms with Gasteiger partial charge in [0.25, 0.3) is 0 Å². The molecule has 0 bridgehead atoms. The number of hydrogen-bond donors (Lipinski definition) is 1. The molecule has 3 nitrogen and oxygen atoms in total. The molecule has 1 aliphatic rings. The molecule has 1 aliphatic heterocycles. The molecule has 0 radical (unpaired) electrons. The highest BCUT2D eigenvalue weighted by Gasteiger charge is 2.09. The average molecular weight is 318 g/mol. The molecule has 96 valence electrons. The lowest BCUT2D eigenvalue weighted by molar-refractivity contribution is 0.239. The van der Waals surface area contributed by atoms with Crippen LogP contribution in [0.15, 0.2) is 15.9 Å². The molecule has 5 heteroatoms. The molecular weight excluding hydrogens is 298 g/mol. The van der Waals surface area contributed by atoms with E-state index in [1.54, 1.807) is 11.3 Å². The van der Waals surface area contributed by atoms with Gasteiger partial charge in [0.15, 0.2) is 0 Å². The van der Waals surface area contributed by atoms with Gasteiger partial charge in [0.1, 0.15) is 0 Å². The van der Waals surface area contributed by atoms with Crippen LogP contribution in [0.25, 0.3) is 0 Å². The summed E-state index contributed by atoms with van der Waals surface area (Å²) in [6.45, 7) is 7.05. The predicted octanol–water partition coefficient (Wildman–Crippen LogP) is 2.24. The molecule has 0 unspecified atom stereocenters. The Morgan fingerprint density at radius 1 is 1.41 bits per heavy atom. The van der Waals surface area contributed by atoms with E-state index in [4.69, 9.17) is 0 Å². The molecule has 0 aliphatic carbocycles. The molecule has 0 spiro atoms. The fraction of sp³-hybridized carbons (Fsp3) is 0.667. The quantitative estimate of drug-likeness (QED) is 0.898. The summed E-state index contributed by atoms with van der Waals surface area (Å²) in [5.74, 6) is 0. The lowest BCUT2D eigenvalue weighted by Gasteiger charge is -2.28. The second kappa shape index (κ2) is 6.73. The van der Waals surface area contributed by atoms with Gasteiger partial charge in [0.05, 0.1) is 8.79 Å². The summed E-state index contributed by atoms with van der Waals surface area (Å²) in [7, 11) is 2.18. The van der Waals surface area contributed by atoms with Crippen LogP contribution >= 0.6 is 27.3 Å². The first-order chi connectivity index (χ1) is 8.25. The number of thiophene rings is 1. The number of rotatable bonds is 5. The van der Waals surface area contributed by atoms with Crippen molar-refractivity contribution in [2.75, 3.05) is 51.2 Å². The summed E-state index contributed by atoms with van der Waals surface area (Å²) in [4.78, 5) is 4.90. The summed E-state index contributed by atoms with van der Waals surface area (Å²) in [6, 6.07) is 4.30. The third-order valence-corrected chi connectivity index (χ3v) is 4.85. The maximum atomic E-state index is 3.51. The third-order valence-electron chi connectivity index (χ3n) is 3.11. The molecule has 17 heavy (non-hydrogen) atoms. The monoisotopic (exact) mass is 317 g/mol. The number of nitrogens with zero attached hydrogens (tertiary/aromatic N) is 2. The van der Waals surface area contributed by atoms with E-state index in [-0.39, 0.29) is 0 Å². The average Bonchev–Trinajstić information content (AvgIpc) is 2.77. The Bertz CT molecular complexity index is 336. The Morgan fingerprint density at radius 3 is 2.82 bits per heavy atom. The van der Waals surface area contributed by atoms with Crippen LogP contribution in [-0.4, -0.2) is 51.2 Å². The zero-order chi connectivity index (χ0) is 12.1. The lowest BCUT2D eigenvalue weighted by atomic mass is 10.3. The molecule has 0 saturated carbocycles. The Balaban J connectivity index is 1.67. The first-order valence-corrected chi connectivity index (χ1v) is 7.76. The van der Waals surface area contributed by atoms with E-state index in [1.807, 2.05) is 0 Å². The van der Waals surface area contributed by atoms with E-state index >= 15 is 0 Å². The van der Waals surface area contributed by atoms with E-state index in [0.29, 0.717) is 0 Å². The topological polar surface area (TPSA) is 18.5 Å². The molecule has 0 aromatic carbocycles. The molecule has 1 fully saturated rings. The number of piperazine rings is 1. The minimum absolute atomic E-state index is 1.14. The van der Waals surface area contributed by atoms with Gasteiger partial charge in [-0.2, -0.15) is 0 Å². The Kier molecular flexibility index (Phi) is 5.28. The molecule has 0 amide bonds. The molecule has 1 aromatic heterocycles. The van der Waals surface area contributed by atoms with Gasteiger partial charge in [0.2, 0.25) is 0 Å². The number of halogens is 1. The SMILES string of the molecule is CN(CCCN1CCNCC1)c1ccc(Br)s1. The van der Waals surface area contributed by atoms with Crippen LogP contribution in [0, 0.1) is 0 Å². The van der Waals surface area contributed by atoms with Gasteiger partial charge in [-0.3, -0.25) is 0 Å². The van der Waals surface area contributed by atoms with Crippen LogP contribution in [-0.2, 0) is 0 Å². The Hall–Kier alpha value is -0.100. The van der Waals surface area contributed by atoms with Crippen molar-refractivity contribution >= 4 is 32.3 Å². The van der Waals surface area contributed by atoms with Crippen molar-refractivity contribution < 1.29 is 0 Å². The minimum atomic E-state index is 1.14. The largest absolute Gasteiger partial charge is 0.366 e. The van der Waals surface area contributed by atoms with Gasteiger partial charge >= 0.3 is 0 Å². The second-order valence-corrected chi connectivity index (χ2v) is 6.89. The summed E-state index contributed by atoms with van der Waals surface area (Å²) in [5, 5.41) is 4.73. The molecular formula is C12H20BrN3S. The molecule has 2 rings (SSSR count). The van der Waals surface area contributed by atoms with Crippen LogP contribution < -0.4 is 10.2 Å². The standard InChI is InChI=1S/C12H20BrN3S/c1-15(12-4-3-11(13)17-12)7-2-8-16-9-5-14-6-10-16/h3-4,14H,2,5-10H2,1H3. The van der Waals surface area contributed by atoms with Crippen molar-refractivity contribution in [2.45, 2.75) is 6.42 Å². The highest BCUT2D eigenvalue weighted by Crippen LogP contribution is 2.29. The Labute approximate surface area is 116 Å². The van der Waals surface area contributed by atoms with Crippen LogP contribution in [0.2, 0.25) is 0 Å². The minimum Gasteiger partial charge on any atom is -0.366 e. The molecule has 1 aromatic rings. The maximum Gasteiger partial charge on any atom is 0.0917 e. The van der Waals surface area contributed by atoms with Crippen molar-refractivity contribution in [3.63, 3.8) is 0 Å². The fourth-order valence-electron chi connectivity index (χ4n) is 2.09. The summed E-state index contributed by atoms with van der Waals surface area (Å²) in [5.41, 5.74) is 0. The third kappa shape index (κ3) is 4.25. The molecule has 1 saturated heterocycles. The number of nitrogens with one attached hydrogen (secondary N) is 1. The molecule has 1 N–H and O–H groups in total. The van der Waals surface area contributed by atoms with Gasteiger partial charge in [-0.15, -0.1) is 11.3 Å². The van der Waals surface area contributed by atoms with E-state index in [2.05, 4.69) is 50.2 Å². The van der Waals surface area contributed by atoms with Crippen LogP contribution in [0.1, 0.15) is 6.42 Å². The lowest BCUT2D eigenvalue weighted by Crippen LogP contribution is -2.44. The van der Waals surface area contributed by atoms with E-state index < -0.39 is 0 Å². The van der Waals surface area contributed by atoms with E-state index in [9.17, 15) is 0 Å². The molecule has 2 heterocycles. The van der Waals surface area contributed by atoms with Gasteiger partial charge < -0.3 is 15.1 Å². The van der Waals surface area contributed by atoms with Crippen molar-refractivity contribution in [2.24, 2.45) is 0 Å². The maximum absolute atomic E-state index is 3.51. The summed E-state index contributed by atoms with van der Waals surface area (Å²) < 4.78 is 1.21. The highest BCUT2D eigenvalue weighted by atomic mass is 79.9. The summed E-state index contributed by atoms with van der Waals surface area (Å²) >= 11 is 5.31. The van der Waals surface area contributed by atoms with Gasteiger partial charge in [-0.25, -0.2) is 0 Å².